The van der Waals surface area contributed by atoms with Gasteiger partial charge >= 0.3 is 0 Å². The summed E-state index contributed by atoms with van der Waals surface area (Å²) < 4.78 is 13.4. The molecule has 1 aromatic heterocycles. The third kappa shape index (κ3) is 8.24. The quantitative estimate of drug-likeness (QED) is 0.151. The maximum atomic E-state index is 12.7. The number of benzene rings is 4. The third-order valence-electron chi connectivity index (χ3n) is 9.08. The molecule has 0 saturated carbocycles. The molecule has 1 aliphatic heterocycles. The molecule has 6 rings (SSSR count). The van der Waals surface area contributed by atoms with Gasteiger partial charge in [0, 0.05) is 55.0 Å². The summed E-state index contributed by atoms with van der Waals surface area (Å²) in [5.41, 5.74) is 7.74. The Morgan fingerprint density at radius 1 is 0.833 bits per heavy atom. The van der Waals surface area contributed by atoms with E-state index in [1.54, 1.807) is 0 Å². The number of hydrogen-bond acceptors (Lipinski definition) is 6. The molecule has 1 amide bonds. The molecule has 4 atom stereocenters. The van der Waals surface area contributed by atoms with Crippen LogP contribution in [0.1, 0.15) is 57.6 Å². The van der Waals surface area contributed by atoms with Crippen LogP contribution in [0.4, 0.5) is 0 Å². The first-order chi connectivity index (χ1) is 23.5. The fourth-order valence-corrected chi connectivity index (χ4v) is 6.22. The van der Waals surface area contributed by atoms with Crippen LogP contribution in [0.15, 0.2) is 128 Å². The van der Waals surface area contributed by atoms with Crippen LogP contribution < -0.4 is 5.32 Å². The Morgan fingerprint density at radius 3 is 2.27 bits per heavy atom. The van der Waals surface area contributed by atoms with Crippen LogP contribution in [-0.4, -0.2) is 47.1 Å². The molecule has 0 radical (unpaired) electrons. The predicted molar refractivity (Wildman–Crippen MR) is 188 cm³/mol. The number of carbonyl (C=O) groups excluding carboxylic acids is 1. The number of amides is 1. The summed E-state index contributed by atoms with van der Waals surface area (Å²) in [7, 11) is 2.13. The number of aliphatic hydroxyl groups excluding tert-OH is 1. The van der Waals surface area contributed by atoms with Gasteiger partial charge in [-0.25, -0.2) is 0 Å². The highest BCUT2D eigenvalue weighted by Gasteiger charge is 2.38. The van der Waals surface area contributed by atoms with Crippen molar-refractivity contribution in [2.45, 2.75) is 45.0 Å². The number of pyridine rings is 1. The van der Waals surface area contributed by atoms with E-state index in [-0.39, 0.29) is 30.6 Å². The number of nitrogens with zero attached hydrogens (tertiary/aromatic N) is 2. The van der Waals surface area contributed by atoms with E-state index in [1.165, 1.54) is 0 Å². The van der Waals surface area contributed by atoms with Gasteiger partial charge in [-0.3, -0.25) is 9.78 Å². The van der Waals surface area contributed by atoms with Crippen LogP contribution in [0.25, 0.3) is 11.1 Å². The molecule has 4 unspecified atom stereocenters. The van der Waals surface area contributed by atoms with Gasteiger partial charge in [-0.1, -0.05) is 104 Å². The monoisotopic (exact) mass is 641 g/mol. The Kier molecular flexibility index (Phi) is 11.1. The third-order valence-corrected chi connectivity index (χ3v) is 9.08. The predicted octanol–water partition coefficient (Wildman–Crippen LogP) is 7.14. The Balaban J connectivity index is 1.19. The first-order valence-corrected chi connectivity index (χ1v) is 16.6. The van der Waals surface area contributed by atoms with Gasteiger partial charge in [0.2, 0.25) is 0 Å². The summed E-state index contributed by atoms with van der Waals surface area (Å²) in [6, 6.07) is 39.8. The average molecular weight is 642 g/mol. The van der Waals surface area contributed by atoms with Gasteiger partial charge in [-0.15, -0.1) is 0 Å². The van der Waals surface area contributed by atoms with Gasteiger partial charge in [-0.05, 0) is 59.1 Å². The molecule has 4 aromatic carbocycles. The second-order valence-corrected chi connectivity index (χ2v) is 12.5. The highest BCUT2D eigenvalue weighted by Crippen LogP contribution is 2.42. The van der Waals surface area contributed by atoms with E-state index < -0.39 is 6.29 Å². The SMILES string of the molecule is CC1C(CN(C)CCc2ccccn2)OC(c2ccc(-c3ccccc3CNC(=O)c3ccccc3)cc2)OC1c1ccc(CO)cc1. The van der Waals surface area contributed by atoms with E-state index in [0.717, 1.165) is 58.6 Å². The van der Waals surface area contributed by atoms with Crippen LogP contribution in [-0.2, 0) is 29.0 Å². The fraction of sp³-hybridized carbons (Fsp3) is 0.268. The molecule has 7 heteroatoms. The number of aromatic nitrogens is 1. The van der Waals surface area contributed by atoms with Crippen LogP contribution in [0, 0.1) is 5.92 Å². The molecule has 1 aliphatic rings. The lowest BCUT2D eigenvalue weighted by Crippen LogP contribution is -2.43. The van der Waals surface area contributed by atoms with E-state index >= 15 is 0 Å². The molecule has 246 valence electrons. The van der Waals surface area contributed by atoms with Crippen molar-refractivity contribution >= 4 is 5.91 Å². The number of likely N-dealkylation sites (N-methyl/N-ethyl adjacent to an activating group) is 1. The topological polar surface area (TPSA) is 83.9 Å². The standard InChI is InChI=1S/C41H43N3O4/c1-29-38(27-44(2)25-23-36-13-8-9-24-42-36)47-41(48-39(29)32-17-15-30(28-45)16-18-32)34-21-19-31(20-22-34)37-14-7-6-12-35(37)26-43-40(46)33-10-4-3-5-11-33/h3-22,24,29,38-39,41,45H,23,25-28H2,1-2H3,(H,43,46). The number of ether oxygens (including phenoxy) is 2. The molecule has 1 fully saturated rings. The summed E-state index contributed by atoms with van der Waals surface area (Å²) in [6.07, 6.45) is 1.90. The Labute approximate surface area is 283 Å². The maximum Gasteiger partial charge on any atom is 0.251 e. The lowest BCUT2D eigenvalue weighted by Gasteiger charge is -2.42. The van der Waals surface area contributed by atoms with Crippen molar-refractivity contribution in [3.05, 3.63) is 161 Å². The van der Waals surface area contributed by atoms with E-state index in [0.29, 0.717) is 12.1 Å². The number of carbonyl (C=O) groups is 1. The van der Waals surface area contributed by atoms with Crippen molar-refractivity contribution in [1.29, 1.82) is 0 Å². The normalized spacial score (nSPS) is 19.2. The second-order valence-electron chi connectivity index (χ2n) is 12.5. The molecular formula is C41H43N3O4. The van der Waals surface area contributed by atoms with Crippen molar-refractivity contribution in [1.82, 2.24) is 15.2 Å². The van der Waals surface area contributed by atoms with Crippen LogP contribution >= 0.6 is 0 Å². The molecule has 0 spiro atoms. The van der Waals surface area contributed by atoms with E-state index in [9.17, 15) is 9.90 Å². The largest absolute Gasteiger partial charge is 0.392 e. The smallest absolute Gasteiger partial charge is 0.251 e. The van der Waals surface area contributed by atoms with Gasteiger partial charge in [-0.2, -0.15) is 0 Å². The number of aliphatic hydroxyl groups is 1. The highest BCUT2D eigenvalue weighted by atomic mass is 16.7. The Bertz CT molecular complexity index is 1750. The minimum atomic E-state index is -0.549. The zero-order valence-electron chi connectivity index (χ0n) is 27.5. The zero-order valence-corrected chi connectivity index (χ0v) is 27.5. The van der Waals surface area contributed by atoms with Gasteiger partial charge < -0.3 is 24.8 Å². The lowest BCUT2D eigenvalue weighted by molar-refractivity contribution is -0.275. The molecule has 2 heterocycles. The van der Waals surface area contributed by atoms with Crippen LogP contribution in [0.2, 0.25) is 0 Å². The Hall–Kier alpha value is -4.66. The molecule has 5 aromatic rings. The molecule has 48 heavy (non-hydrogen) atoms. The summed E-state index contributed by atoms with van der Waals surface area (Å²) in [5.74, 6) is -0.00478. The van der Waals surface area contributed by atoms with Gasteiger partial charge in [0.25, 0.3) is 5.91 Å². The van der Waals surface area contributed by atoms with Crippen molar-refractivity contribution in [3.63, 3.8) is 0 Å². The summed E-state index contributed by atoms with van der Waals surface area (Å²) in [6.45, 7) is 4.23. The van der Waals surface area contributed by atoms with Crippen molar-refractivity contribution in [3.8, 4) is 11.1 Å². The first-order valence-electron chi connectivity index (χ1n) is 16.6. The molecular weight excluding hydrogens is 598 g/mol. The lowest BCUT2D eigenvalue weighted by atomic mass is 9.90. The average Bonchev–Trinajstić information content (AvgIpc) is 3.15. The van der Waals surface area contributed by atoms with E-state index in [4.69, 9.17) is 9.47 Å². The van der Waals surface area contributed by atoms with E-state index in [1.807, 2.05) is 91.1 Å². The molecule has 0 bridgehead atoms. The summed E-state index contributed by atoms with van der Waals surface area (Å²) in [4.78, 5) is 19.5. The second kappa shape index (κ2) is 16.0. The van der Waals surface area contributed by atoms with Crippen LogP contribution in [0.5, 0.6) is 0 Å². The van der Waals surface area contributed by atoms with Crippen LogP contribution in [0.3, 0.4) is 0 Å². The Morgan fingerprint density at radius 2 is 1.54 bits per heavy atom. The van der Waals surface area contributed by atoms with Crippen molar-refractivity contribution in [2.24, 2.45) is 5.92 Å². The van der Waals surface area contributed by atoms with Crippen molar-refractivity contribution < 1.29 is 19.4 Å². The fourth-order valence-electron chi connectivity index (χ4n) is 6.22. The number of hydrogen-bond donors (Lipinski definition) is 2. The van der Waals surface area contributed by atoms with Crippen molar-refractivity contribution in [2.75, 3.05) is 20.1 Å². The van der Waals surface area contributed by atoms with E-state index in [2.05, 4.69) is 65.6 Å². The minimum absolute atomic E-state index is 0.00561. The molecule has 0 aliphatic carbocycles. The number of rotatable bonds is 12. The first kappa shape index (κ1) is 33.2. The minimum Gasteiger partial charge on any atom is -0.392 e. The molecule has 7 nitrogen and oxygen atoms in total. The zero-order chi connectivity index (χ0) is 33.3. The summed E-state index contributed by atoms with van der Waals surface area (Å²) >= 11 is 0. The maximum absolute atomic E-state index is 12.7. The number of nitrogens with one attached hydrogen (secondary N) is 1. The molecule has 2 N–H and O–H groups in total. The summed E-state index contributed by atoms with van der Waals surface area (Å²) in [5, 5.41) is 12.7. The van der Waals surface area contributed by atoms with Gasteiger partial charge in [0.15, 0.2) is 6.29 Å². The van der Waals surface area contributed by atoms with Gasteiger partial charge in [0.1, 0.15) is 0 Å². The highest BCUT2D eigenvalue weighted by molar-refractivity contribution is 5.94. The molecule has 1 saturated heterocycles. The van der Waals surface area contributed by atoms with Gasteiger partial charge in [0.05, 0.1) is 18.8 Å².